The summed E-state index contributed by atoms with van der Waals surface area (Å²) in [4.78, 5) is 17.3. The molecule has 0 fully saturated rings. The summed E-state index contributed by atoms with van der Waals surface area (Å²) in [6.45, 7) is 6.83. The number of carbonyl (C=O) groups is 1. The number of nitrogens with zero attached hydrogens (tertiary/aromatic N) is 1. The molecular weight excluding hydrogens is 300 g/mol. The summed E-state index contributed by atoms with van der Waals surface area (Å²) in [7, 11) is 0. The van der Waals surface area contributed by atoms with Gasteiger partial charge in [0.1, 0.15) is 18.1 Å². The lowest BCUT2D eigenvalue weighted by atomic mass is 10.1. The molecule has 2 heterocycles. The average Bonchev–Trinajstić information content (AvgIpc) is 2.85. The van der Waals surface area contributed by atoms with Crippen LogP contribution in [0.5, 0.6) is 11.5 Å². The number of fused-ring (bicyclic) bond motifs is 1. The van der Waals surface area contributed by atoms with Gasteiger partial charge in [-0.3, -0.25) is 4.79 Å². The van der Waals surface area contributed by atoms with E-state index in [1.165, 1.54) is 11.3 Å². The Labute approximate surface area is 133 Å². The number of hydrogen-bond acceptors (Lipinski definition) is 5. The first-order valence-electron chi connectivity index (χ1n) is 7.19. The van der Waals surface area contributed by atoms with Crippen LogP contribution in [0.4, 0.5) is 0 Å². The van der Waals surface area contributed by atoms with Gasteiger partial charge in [0.2, 0.25) is 0 Å². The standard InChI is InChI=1S/C16H18N2O3S/c1-9(18-16(19)15-10(2)17-11(3)22-15)12-4-5-13-14(8-12)21-7-6-20-13/h4-5,8-9H,6-7H2,1-3H3,(H,18,19)/t9-/m0/s1. The summed E-state index contributed by atoms with van der Waals surface area (Å²) in [6.07, 6.45) is 0. The number of aromatic nitrogens is 1. The lowest BCUT2D eigenvalue weighted by Crippen LogP contribution is -2.26. The highest BCUT2D eigenvalue weighted by Crippen LogP contribution is 2.32. The second-order valence-electron chi connectivity index (χ2n) is 5.25. The van der Waals surface area contributed by atoms with Crippen molar-refractivity contribution in [2.75, 3.05) is 13.2 Å². The van der Waals surface area contributed by atoms with Crippen molar-refractivity contribution in [1.82, 2.24) is 10.3 Å². The lowest BCUT2D eigenvalue weighted by molar-refractivity contribution is 0.0943. The number of nitrogens with one attached hydrogen (secondary N) is 1. The summed E-state index contributed by atoms with van der Waals surface area (Å²) >= 11 is 1.41. The fraction of sp³-hybridized carbons (Fsp3) is 0.375. The first-order chi connectivity index (χ1) is 10.5. The van der Waals surface area contributed by atoms with E-state index in [-0.39, 0.29) is 11.9 Å². The van der Waals surface area contributed by atoms with E-state index in [0.717, 1.165) is 27.8 Å². The van der Waals surface area contributed by atoms with Crippen molar-refractivity contribution >= 4 is 17.2 Å². The lowest BCUT2D eigenvalue weighted by Gasteiger charge is -2.21. The largest absolute Gasteiger partial charge is 0.486 e. The molecule has 1 aromatic carbocycles. The molecule has 2 aromatic rings. The Morgan fingerprint density at radius 2 is 2.00 bits per heavy atom. The highest BCUT2D eigenvalue weighted by atomic mass is 32.1. The fourth-order valence-electron chi connectivity index (χ4n) is 2.42. The second kappa shape index (κ2) is 5.96. The molecule has 1 aliphatic rings. The quantitative estimate of drug-likeness (QED) is 0.945. The Balaban J connectivity index is 1.75. The van der Waals surface area contributed by atoms with Crippen molar-refractivity contribution in [1.29, 1.82) is 0 Å². The third-order valence-corrected chi connectivity index (χ3v) is 4.60. The van der Waals surface area contributed by atoms with Gasteiger partial charge in [-0.15, -0.1) is 11.3 Å². The number of hydrogen-bond donors (Lipinski definition) is 1. The van der Waals surface area contributed by atoms with Crippen LogP contribution in [0.3, 0.4) is 0 Å². The molecule has 0 saturated heterocycles. The molecule has 0 unspecified atom stereocenters. The third-order valence-electron chi connectivity index (χ3n) is 3.52. The normalized spacial score (nSPS) is 14.5. The van der Waals surface area contributed by atoms with Gasteiger partial charge in [-0.05, 0) is 38.5 Å². The average molecular weight is 318 g/mol. The van der Waals surface area contributed by atoms with Crippen molar-refractivity contribution in [3.63, 3.8) is 0 Å². The molecule has 0 saturated carbocycles. The molecule has 0 radical (unpaired) electrons. The summed E-state index contributed by atoms with van der Waals surface area (Å²) in [6, 6.07) is 5.63. The van der Waals surface area contributed by atoms with E-state index in [1.54, 1.807) is 0 Å². The first-order valence-corrected chi connectivity index (χ1v) is 8.00. The number of aryl methyl sites for hydroxylation is 2. The van der Waals surface area contributed by atoms with Gasteiger partial charge in [-0.1, -0.05) is 6.07 Å². The van der Waals surface area contributed by atoms with Gasteiger partial charge in [0.05, 0.1) is 16.7 Å². The molecule has 1 amide bonds. The zero-order valence-corrected chi connectivity index (χ0v) is 13.6. The topological polar surface area (TPSA) is 60.5 Å². The van der Waals surface area contributed by atoms with E-state index in [1.807, 2.05) is 39.0 Å². The van der Waals surface area contributed by atoms with Gasteiger partial charge in [0, 0.05) is 0 Å². The van der Waals surface area contributed by atoms with Crippen LogP contribution in [0.2, 0.25) is 0 Å². The summed E-state index contributed by atoms with van der Waals surface area (Å²) in [5, 5.41) is 3.91. The zero-order chi connectivity index (χ0) is 15.7. The molecular formula is C16H18N2O3S. The molecule has 0 bridgehead atoms. The van der Waals surface area contributed by atoms with Gasteiger partial charge in [0.15, 0.2) is 11.5 Å². The van der Waals surface area contributed by atoms with E-state index in [4.69, 9.17) is 9.47 Å². The molecule has 1 atom stereocenters. The van der Waals surface area contributed by atoms with Gasteiger partial charge in [0.25, 0.3) is 5.91 Å². The van der Waals surface area contributed by atoms with Crippen LogP contribution in [-0.4, -0.2) is 24.1 Å². The number of benzene rings is 1. The molecule has 1 aromatic heterocycles. The van der Waals surface area contributed by atoms with Gasteiger partial charge >= 0.3 is 0 Å². The summed E-state index contributed by atoms with van der Waals surface area (Å²) in [5.41, 5.74) is 1.76. The maximum atomic E-state index is 12.4. The van der Waals surface area contributed by atoms with Crippen molar-refractivity contribution in [3.05, 3.63) is 39.3 Å². The Kier molecular flexibility index (Phi) is 4.02. The first kappa shape index (κ1) is 14.8. The van der Waals surface area contributed by atoms with Crippen molar-refractivity contribution in [3.8, 4) is 11.5 Å². The Hall–Kier alpha value is -2.08. The number of rotatable bonds is 3. The van der Waals surface area contributed by atoms with Crippen LogP contribution in [0.25, 0.3) is 0 Å². The molecule has 22 heavy (non-hydrogen) atoms. The smallest absolute Gasteiger partial charge is 0.263 e. The molecule has 5 nitrogen and oxygen atoms in total. The van der Waals surface area contributed by atoms with Gasteiger partial charge in [-0.25, -0.2) is 4.98 Å². The minimum absolute atomic E-state index is 0.0921. The second-order valence-corrected chi connectivity index (χ2v) is 6.45. The minimum atomic E-state index is -0.120. The number of ether oxygens (including phenoxy) is 2. The van der Waals surface area contributed by atoms with Gasteiger partial charge in [-0.2, -0.15) is 0 Å². The van der Waals surface area contributed by atoms with Crippen LogP contribution >= 0.6 is 11.3 Å². The van der Waals surface area contributed by atoms with Crippen molar-refractivity contribution in [2.24, 2.45) is 0 Å². The van der Waals surface area contributed by atoms with Crippen LogP contribution in [0.15, 0.2) is 18.2 Å². The third kappa shape index (κ3) is 2.92. The van der Waals surface area contributed by atoms with E-state index in [9.17, 15) is 4.79 Å². The Morgan fingerprint density at radius 3 is 2.68 bits per heavy atom. The molecule has 1 N–H and O–H groups in total. The van der Waals surface area contributed by atoms with Crippen molar-refractivity contribution < 1.29 is 14.3 Å². The summed E-state index contributed by atoms with van der Waals surface area (Å²) < 4.78 is 11.1. The highest BCUT2D eigenvalue weighted by molar-refractivity contribution is 7.13. The predicted molar refractivity (Wildman–Crippen MR) is 84.9 cm³/mol. The molecule has 0 spiro atoms. The molecule has 116 valence electrons. The van der Waals surface area contributed by atoms with E-state index in [0.29, 0.717) is 18.1 Å². The highest BCUT2D eigenvalue weighted by Gasteiger charge is 2.19. The van der Waals surface area contributed by atoms with Crippen LogP contribution in [0.1, 0.15) is 38.9 Å². The van der Waals surface area contributed by atoms with Crippen LogP contribution in [0, 0.1) is 13.8 Å². The molecule has 3 rings (SSSR count). The van der Waals surface area contributed by atoms with Crippen molar-refractivity contribution in [2.45, 2.75) is 26.8 Å². The van der Waals surface area contributed by atoms with E-state index in [2.05, 4.69) is 10.3 Å². The zero-order valence-electron chi connectivity index (χ0n) is 12.8. The molecule has 0 aliphatic carbocycles. The maximum Gasteiger partial charge on any atom is 0.263 e. The molecule has 1 aliphatic heterocycles. The summed E-state index contributed by atoms with van der Waals surface area (Å²) in [5.74, 6) is 1.39. The van der Waals surface area contributed by atoms with E-state index < -0.39 is 0 Å². The van der Waals surface area contributed by atoms with Crippen LogP contribution in [-0.2, 0) is 0 Å². The number of carbonyl (C=O) groups excluding carboxylic acids is 1. The number of thiazole rings is 1. The SMILES string of the molecule is Cc1nc(C)c(C(=O)N[C@@H](C)c2ccc3c(c2)OCCO3)s1. The number of amides is 1. The predicted octanol–water partition coefficient (Wildman–Crippen LogP) is 3.02. The maximum absolute atomic E-state index is 12.4. The van der Waals surface area contributed by atoms with Crippen LogP contribution < -0.4 is 14.8 Å². The fourth-order valence-corrected chi connectivity index (χ4v) is 3.24. The Morgan fingerprint density at radius 1 is 1.27 bits per heavy atom. The minimum Gasteiger partial charge on any atom is -0.486 e. The monoisotopic (exact) mass is 318 g/mol. The van der Waals surface area contributed by atoms with E-state index >= 15 is 0 Å². The van der Waals surface area contributed by atoms with Gasteiger partial charge < -0.3 is 14.8 Å². The molecule has 6 heteroatoms. The Bertz CT molecular complexity index is 711.